The van der Waals surface area contributed by atoms with Gasteiger partial charge < -0.3 is 0 Å². The second kappa shape index (κ2) is 9.82. The van der Waals surface area contributed by atoms with Crippen LogP contribution in [0.4, 0.5) is 0 Å². The second-order valence-corrected chi connectivity index (χ2v) is 5.07. The maximum absolute atomic E-state index is 4.30. The van der Waals surface area contributed by atoms with E-state index in [2.05, 4.69) is 71.8 Å². The topological polar surface area (TPSA) is 25.8 Å². The van der Waals surface area contributed by atoms with E-state index in [0.717, 1.165) is 24.0 Å². The highest BCUT2D eigenvalue weighted by molar-refractivity contribution is 5.50. The Morgan fingerprint density at radius 1 is 0.750 bits per heavy atom. The Kier molecular flexibility index (Phi) is 7.06. The van der Waals surface area contributed by atoms with Gasteiger partial charge in [0.1, 0.15) is 11.4 Å². The molecule has 0 amide bonds. The molecule has 0 aliphatic rings. The molecular weight excluding hydrogens is 292 g/mol. The summed E-state index contributed by atoms with van der Waals surface area (Å²) < 4.78 is 0. The van der Waals surface area contributed by atoms with Crippen LogP contribution < -0.4 is 0 Å². The Morgan fingerprint density at radius 2 is 1.21 bits per heavy atom. The molecule has 2 heteroatoms. The summed E-state index contributed by atoms with van der Waals surface area (Å²) in [4.78, 5) is 8.60. The van der Waals surface area contributed by atoms with Gasteiger partial charge in [-0.05, 0) is 59.8 Å². The third kappa shape index (κ3) is 5.95. The van der Waals surface area contributed by atoms with Crippen LogP contribution in [0.1, 0.15) is 49.2 Å². The average Bonchev–Trinajstić information content (AvgIpc) is 2.64. The van der Waals surface area contributed by atoms with Gasteiger partial charge in [0.25, 0.3) is 0 Å². The molecule has 0 saturated heterocycles. The van der Waals surface area contributed by atoms with Crippen molar-refractivity contribution in [2.24, 2.45) is 0 Å². The molecule has 0 aliphatic carbocycles. The first kappa shape index (κ1) is 17.3. The highest BCUT2D eigenvalue weighted by Gasteiger charge is 1.90. The molecule has 0 saturated carbocycles. The molecule has 0 aromatic carbocycles. The number of rotatable bonds is 4. The van der Waals surface area contributed by atoms with Crippen molar-refractivity contribution in [3.05, 3.63) is 71.3 Å². The summed E-state index contributed by atoms with van der Waals surface area (Å²) in [5, 5.41) is 0. The lowest BCUT2D eigenvalue weighted by Crippen LogP contribution is -1.83. The summed E-state index contributed by atoms with van der Waals surface area (Å²) in [5.74, 6) is 11.5. The van der Waals surface area contributed by atoms with Gasteiger partial charge in [-0.15, -0.1) is 0 Å². The second-order valence-electron chi connectivity index (χ2n) is 5.07. The van der Waals surface area contributed by atoms with Crippen molar-refractivity contribution in [3.8, 4) is 23.7 Å². The van der Waals surface area contributed by atoms with Crippen LogP contribution in [0, 0.1) is 23.7 Å². The molecule has 2 aromatic rings. The molecule has 0 fully saturated rings. The van der Waals surface area contributed by atoms with Crippen LogP contribution in [0.3, 0.4) is 0 Å². The summed E-state index contributed by atoms with van der Waals surface area (Å²) in [6.07, 6.45) is 14.0. The minimum absolute atomic E-state index is 0.714. The summed E-state index contributed by atoms with van der Waals surface area (Å²) in [5.41, 5.74) is 3.58. The Labute approximate surface area is 144 Å². The van der Waals surface area contributed by atoms with Gasteiger partial charge in [0, 0.05) is 12.4 Å². The molecule has 2 heterocycles. The Morgan fingerprint density at radius 3 is 1.54 bits per heavy atom. The molecule has 0 N–H and O–H groups in total. The highest BCUT2D eigenvalue weighted by Crippen LogP contribution is 2.03. The largest absolute Gasteiger partial charge is 0.247 e. The quantitative estimate of drug-likeness (QED) is 0.763. The Hall–Kier alpha value is -3.10. The van der Waals surface area contributed by atoms with E-state index in [-0.39, 0.29) is 0 Å². The van der Waals surface area contributed by atoms with Gasteiger partial charge in [-0.3, -0.25) is 0 Å². The molecule has 2 nitrogen and oxygen atoms in total. The molecular formula is C22H20N2. The minimum Gasteiger partial charge on any atom is -0.247 e. The van der Waals surface area contributed by atoms with Crippen molar-refractivity contribution in [2.75, 3.05) is 0 Å². The zero-order valence-electron chi connectivity index (χ0n) is 14.1. The number of allylic oxidation sites excluding steroid dienone is 2. The van der Waals surface area contributed by atoms with E-state index in [1.165, 1.54) is 0 Å². The van der Waals surface area contributed by atoms with Crippen LogP contribution >= 0.6 is 0 Å². The van der Waals surface area contributed by atoms with E-state index in [4.69, 9.17) is 0 Å². The van der Waals surface area contributed by atoms with Gasteiger partial charge in [0.15, 0.2) is 0 Å². The molecule has 2 rings (SSSR count). The van der Waals surface area contributed by atoms with Crippen LogP contribution in [0.25, 0.3) is 12.2 Å². The monoisotopic (exact) mass is 312 g/mol. The maximum Gasteiger partial charge on any atom is 0.114 e. The third-order valence-corrected chi connectivity index (χ3v) is 3.11. The summed E-state index contributed by atoms with van der Waals surface area (Å²) >= 11 is 0. The predicted octanol–water partition coefficient (Wildman–Crippen LogP) is 4.73. The lowest BCUT2D eigenvalue weighted by atomic mass is 10.2. The number of hydrogen-bond donors (Lipinski definition) is 0. The summed E-state index contributed by atoms with van der Waals surface area (Å²) in [7, 11) is 0. The number of nitrogens with zero attached hydrogens (tertiary/aromatic N) is 2. The van der Waals surface area contributed by atoms with E-state index in [1.807, 2.05) is 36.7 Å². The molecule has 24 heavy (non-hydrogen) atoms. The van der Waals surface area contributed by atoms with Gasteiger partial charge in [-0.2, -0.15) is 0 Å². The van der Waals surface area contributed by atoms with Gasteiger partial charge in [-0.25, -0.2) is 9.97 Å². The van der Waals surface area contributed by atoms with Crippen LogP contribution in [0.5, 0.6) is 0 Å². The fourth-order valence-electron chi connectivity index (χ4n) is 1.85. The van der Waals surface area contributed by atoms with Gasteiger partial charge in [0.05, 0.1) is 0 Å². The maximum atomic E-state index is 4.30. The molecule has 0 radical (unpaired) electrons. The first-order chi connectivity index (χ1) is 11.8. The zero-order valence-corrected chi connectivity index (χ0v) is 14.1. The van der Waals surface area contributed by atoms with Crippen LogP contribution in [-0.4, -0.2) is 9.97 Å². The molecule has 0 aliphatic heterocycles. The SMILES string of the molecule is CC/C=C/c1ccc(C#CC#Cc2ccc(/C=C/CC)cn2)nc1. The van der Waals surface area contributed by atoms with Crippen molar-refractivity contribution < 1.29 is 0 Å². The fourth-order valence-corrected chi connectivity index (χ4v) is 1.85. The van der Waals surface area contributed by atoms with Gasteiger partial charge in [-0.1, -0.05) is 50.3 Å². The zero-order chi connectivity index (χ0) is 17.0. The lowest BCUT2D eigenvalue weighted by Gasteiger charge is -1.92. The first-order valence-corrected chi connectivity index (χ1v) is 8.09. The van der Waals surface area contributed by atoms with Gasteiger partial charge in [0.2, 0.25) is 0 Å². The van der Waals surface area contributed by atoms with E-state index in [0.29, 0.717) is 11.4 Å². The molecule has 118 valence electrons. The van der Waals surface area contributed by atoms with Crippen molar-refractivity contribution in [2.45, 2.75) is 26.7 Å². The number of pyridine rings is 2. The number of hydrogen-bond acceptors (Lipinski definition) is 2. The molecule has 0 unspecified atom stereocenters. The van der Waals surface area contributed by atoms with Gasteiger partial charge >= 0.3 is 0 Å². The summed E-state index contributed by atoms with van der Waals surface area (Å²) in [6.45, 7) is 4.21. The Bertz CT molecular complexity index is 745. The van der Waals surface area contributed by atoms with Crippen LogP contribution in [0.15, 0.2) is 48.8 Å². The first-order valence-electron chi connectivity index (χ1n) is 8.09. The van der Waals surface area contributed by atoms with E-state index >= 15 is 0 Å². The van der Waals surface area contributed by atoms with Crippen molar-refractivity contribution >= 4 is 12.2 Å². The predicted molar refractivity (Wildman–Crippen MR) is 101 cm³/mol. The third-order valence-electron chi connectivity index (χ3n) is 3.11. The standard InChI is InChI=1S/C22H20N2/c1-3-5-9-19-13-15-21(23-17-19)11-7-8-12-22-16-14-20(18-24-22)10-6-4-2/h5-6,9-10,13-18H,3-4H2,1-2H3/b9-5+,10-6+. The van der Waals surface area contributed by atoms with Crippen LogP contribution in [-0.2, 0) is 0 Å². The smallest absolute Gasteiger partial charge is 0.114 e. The highest BCUT2D eigenvalue weighted by atomic mass is 14.7. The van der Waals surface area contributed by atoms with E-state index < -0.39 is 0 Å². The van der Waals surface area contributed by atoms with Crippen molar-refractivity contribution in [3.63, 3.8) is 0 Å². The molecule has 0 atom stereocenters. The minimum atomic E-state index is 0.714. The van der Waals surface area contributed by atoms with Crippen molar-refractivity contribution in [1.29, 1.82) is 0 Å². The van der Waals surface area contributed by atoms with E-state index in [1.54, 1.807) is 0 Å². The summed E-state index contributed by atoms with van der Waals surface area (Å²) in [6, 6.07) is 7.80. The lowest BCUT2D eigenvalue weighted by molar-refractivity contribution is 1.23. The van der Waals surface area contributed by atoms with Crippen molar-refractivity contribution in [1.82, 2.24) is 9.97 Å². The molecule has 0 spiro atoms. The van der Waals surface area contributed by atoms with E-state index in [9.17, 15) is 0 Å². The average molecular weight is 312 g/mol. The number of aromatic nitrogens is 2. The molecule has 0 bridgehead atoms. The Balaban J connectivity index is 1.99. The fraction of sp³-hybridized carbons (Fsp3) is 0.182. The van der Waals surface area contributed by atoms with Crippen LogP contribution in [0.2, 0.25) is 0 Å². The molecule has 2 aromatic heterocycles. The normalized spacial score (nSPS) is 10.2.